The van der Waals surface area contributed by atoms with E-state index in [0.717, 1.165) is 5.92 Å². The molecule has 0 aliphatic heterocycles. The van der Waals surface area contributed by atoms with Crippen LogP contribution in [-0.2, 0) is 0 Å². The van der Waals surface area contributed by atoms with Gasteiger partial charge in [-0.3, -0.25) is 0 Å². The average molecular weight is 168 g/mol. The van der Waals surface area contributed by atoms with Crippen molar-refractivity contribution in [2.45, 2.75) is 59.3 Å². The Morgan fingerprint density at radius 2 is 1.83 bits per heavy atom. The molecule has 1 unspecified atom stereocenters. The zero-order valence-electron chi connectivity index (χ0n) is 8.97. The topological polar surface area (TPSA) is 0 Å². The quantitative estimate of drug-likeness (QED) is 0.386. The van der Waals surface area contributed by atoms with E-state index < -0.39 is 0 Å². The van der Waals surface area contributed by atoms with Gasteiger partial charge in [0.15, 0.2) is 0 Å². The van der Waals surface area contributed by atoms with E-state index in [1.54, 1.807) is 0 Å². The van der Waals surface area contributed by atoms with Gasteiger partial charge in [-0.2, -0.15) is 0 Å². The molecular weight excluding hydrogens is 144 g/mol. The minimum Gasteiger partial charge on any atom is -0.0888 e. The molecule has 0 aromatic heterocycles. The van der Waals surface area contributed by atoms with Gasteiger partial charge in [-0.15, -0.1) is 0 Å². The zero-order valence-corrected chi connectivity index (χ0v) is 8.97. The first-order valence-electron chi connectivity index (χ1n) is 5.46. The third kappa shape index (κ3) is 7.84. The Hall–Kier alpha value is -0.260. The van der Waals surface area contributed by atoms with E-state index in [0.29, 0.717) is 0 Å². The molecule has 0 saturated heterocycles. The van der Waals surface area contributed by atoms with Crippen LogP contribution in [-0.4, -0.2) is 0 Å². The van der Waals surface area contributed by atoms with Crippen molar-refractivity contribution in [2.24, 2.45) is 5.92 Å². The summed E-state index contributed by atoms with van der Waals surface area (Å²) in [6.45, 7) is 6.83. The first kappa shape index (κ1) is 11.7. The Morgan fingerprint density at radius 1 is 1.08 bits per heavy atom. The van der Waals surface area contributed by atoms with Gasteiger partial charge < -0.3 is 0 Å². The summed E-state index contributed by atoms with van der Waals surface area (Å²) in [5, 5.41) is 0. The van der Waals surface area contributed by atoms with Crippen LogP contribution in [0.4, 0.5) is 0 Å². The smallest absolute Gasteiger partial charge is 0.0351 e. The summed E-state index contributed by atoms with van der Waals surface area (Å²) in [5.74, 6) is 0.935. The van der Waals surface area contributed by atoms with Crippen molar-refractivity contribution < 1.29 is 0 Å². The standard InChI is InChI=1S/C12H24/c1-4-6-7-8-9-11-12(3)10-5-2/h6-7,12H,4-5,8-11H2,1-3H3/b7-6+. The average Bonchev–Trinajstić information content (AvgIpc) is 2.05. The lowest BCUT2D eigenvalue weighted by Crippen LogP contribution is -1.92. The van der Waals surface area contributed by atoms with Gasteiger partial charge in [0.25, 0.3) is 0 Å². The van der Waals surface area contributed by atoms with E-state index in [1.807, 2.05) is 0 Å². The molecule has 0 aliphatic carbocycles. The highest BCUT2D eigenvalue weighted by atomic mass is 14.0. The van der Waals surface area contributed by atoms with Crippen molar-refractivity contribution in [3.05, 3.63) is 12.2 Å². The van der Waals surface area contributed by atoms with E-state index in [1.165, 1.54) is 38.5 Å². The van der Waals surface area contributed by atoms with Crippen molar-refractivity contribution in [3.8, 4) is 0 Å². The Balaban J connectivity index is 3.13. The molecule has 72 valence electrons. The second-order valence-corrected chi connectivity index (χ2v) is 3.70. The molecule has 0 amide bonds. The van der Waals surface area contributed by atoms with E-state index in [-0.39, 0.29) is 0 Å². The molecule has 1 atom stereocenters. The Morgan fingerprint density at radius 3 is 2.42 bits per heavy atom. The van der Waals surface area contributed by atoms with Gasteiger partial charge >= 0.3 is 0 Å². The van der Waals surface area contributed by atoms with Crippen LogP contribution < -0.4 is 0 Å². The number of unbranched alkanes of at least 4 members (excludes halogenated alkanes) is 1. The van der Waals surface area contributed by atoms with Crippen molar-refractivity contribution in [1.82, 2.24) is 0 Å². The molecule has 0 aromatic rings. The van der Waals surface area contributed by atoms with Crippen LogP contribution in [0, 0.1) is 5.92 Å². The van der Waals surface area contributed by atoms with Gasteiger partial charge in [0, 0.05) is 0 Å². The Kier molecular flexibility index (Phi) is 8.64. The molecule has 0 aliphatic rings. The van der Waals surface area contributed by atoms with Crippen LogP contribution in [0.5, 0.6) is 0 Å². The Bertz CT molecular complexity index is 103. The van der Waals surface area contributed by atoms with Crippen LogP contribution in [0.2, 0.25) is 0 Å². The number of allylic oxidation sites excluding steroid dienone is 2. The molecular formula is C12H24. The van der Waals surface area contributed by atoms with Gasteiger partial charge in [0.1, 0.15) is 0 Å². The molecule has 0 saturated carbocycles. The molecule has 0 heteroatoms. The predicted molar refractivity (Wildman–Crippen MR) is 57.4 cm³/mol. The lowest BCUT2D eigenvalue weighted by Gasteiger charge is -2.07. The highest BCUT2D eigenvalue weighted by Gasteiger charge is 1.98. The summed E-state index contributed by atoms with van der Waals surface area (Å²) in [4.78, 5) is 0. The summed E-state index contributed by atoms with van der Waals surface area (Å²) < 4.78 is 0. The maximum absolute atomic E-state index is 2.37. The molecule has 0 rings (SSSR count). The largest absolute Gasteiger partial charge is 0.0888 e. The van der Waals surface area contributed by atoms with Crippen molar-refractivity contribution in [2.75, 3.05) is 0 Å². The zero-order chi connectivity index (χ0) is 9.23. The number of hydrogen-bond acceptors (Lipinski definition) is 0. The van der Waals surface area contributed by atoms with Crippen LogP contribution in [0.1, 0.15) is 59.3 Å². The van der Waals surface area contributed by atoms with Gasteiger partial charge in [-0.1, -0.05) is 52.2 Å². The lowest BCUT2D eigenvalue weighted by molar-refractivity contribution is 0.471. The molecule has 0 bridgehead atoms. The molecule has 12 heavy (non-hydrogen) atoms. The molecule has 0 spiro atoms. The molecule has 0 aromatic carbocycles. The Labute approximate surface area is 78.1 Å². The monoisotopic (exact) mass is 168 g/mol. The van der Waals surface area contributed by atoms with Crippen LogP contribution in [0.3, 0.4) is 0 Å². The summed E-state index contributed by atoms with van der Waals surface area (Å²) >= 11 is 0. The van der Waals surface area contributed by atoms with Crippen LogP contribution >= 0.6 is 0 Å². The summed E-state index contributed by atoms with van der Waals surface area (Å²) in [7, 11) is 0. The van der Waals surface area contributed by atoms with Crippen molar-refractivity contribution in [1.29, 1.82) is 0 Å². The normalized spacial score (nSPS) is 13.9. The van der Waals surface area contributed by atoms with E-state index in [9.17, 15) is 0 Å². The van der Waals surface area contributed by atoms with Gasteiger partial charge in [0.2, 0.25) is 0 Å². The van der Waals surface area contributed by atoms with E-state index in [4.69, 9.17) is 0 Å². The first-order chi connectivity index (χ1) is 5.81. The SMILES string of the molecule is CC/C=C/CCCC(C)CCC. The molecule has 0 N–H and O–H groups in total. The first-order valence-corrected chi connectivity index (χ1v) is 5.46. The molecule has 0 heterocycles. The van der Waals surface area contributed by atoms with Crippen molar-refractivity contribution >= 4 is 0 Å². The summed E-state index contributed by atoms with van der Waals surface area (Å²) in [6, 6.07) is 0. The predicted octanol–water partition coefficient (Wildman–Crippen LogP) is 4.56. The van der Waals surface area contributed by atoms with Gasteiger partial charge in [-0.25, -0.2) is 0 Å². The highest BCUT2D eigenvalue weighted by Crippen LogP contribution is 2.13. The van der Waals surface area contributed by atoms with E-state index in [2.05, 4.69) is 32.9 Å². The summed E-state index contributed by atoms with van der Waals surface area (Å²) in [6.07, 6.45) is 12.6. The number of hydrogen-bond donors (Lipinski definition) is 0. The minimum atomic E-state index is 0.935. The third-order valence-corrected chi connectivity index (χ3v) is 2.25. The fourth-order valence-corrected chi connectivity index (χ4v) is 1.51. The number of rotatable bonds is 7. The second kappa shape index (κ2) is 8.83. The van der Waals surface area contributed by atoms with Crippen LogP contribution in [0.25, 0.3) is 0 Å². The summed E-state index contributed by atoms with van der Waals surface area (Å²) in [5.41, 5.74) is 0. The molecule has 0 nitrogen and oxygen atoms in total. The molecule has 0 fully saturated rings. The maximum atomic E-state index is 2.37. The van der Waals surface area contributed by atoms with Gasteiger partial charge in [0.05, 0.1) is 0 Å². The fraction of sp³-hybridized carbons (Fsp3) is 0.833. The maximum Gasteiger partial charge on any atom is -0.0351 e. The second-order valence-electron chi connectivity index (χ2n) is 3.70. The van der Waals surface area contributed by atoms with E-state index >= 15 is 0 Å². The molecule has 0 radical (unpaired) electrons. The highest BCUT2D eigenvalue weighted by molar-refractivity contribution is 4.79. The fourth-order valence-electron chi connectivity index (χ4n) is 1.51. The van der Waals surface area contributed by atoms with Crippen molar-refractivity contribution in [3.63, 3.8) is 0 Å². The third-order valence-electron chi connectivity index (χ3n) is 2.25. The van der Waals surface area contributed by atoms with Gasteiger partial charge in [-0.05, 0) is 25.2 Å². The lowest BCUT2D eigenvalue weighted by atomic mass is 9.99. The van der Waals surface area contributed by atoms with Crippen LogP contribution in [0.15, 0.2) is 12.2 Å². The minimum absolute atomic E-state index is 0.935.